The van der Waals surface area contributed by atoms with E-state index in [-0.39, 0.29) is 23.8 Å². The average molecular weight is 306 g/mol. The molecule has 0 radical (unpaired) electrons. The highest BCUT2D eigenvalue weighted by atomic mass is 32.1. The molecule has 21 heavy (non-hydrogen) atoms. The molecule has 3 heterocycles. The summed E-state index contributed by atoms with van der Waals surface area (Å²) >= 11 is 1.80. The van der Waals surface area contributed by atoms with Gasteiger partial charge in [0, 0.05) is 37.4 Å². The van der Waals surface area contributed by atoms with Crippen LogP contribution in [-0.4, -0.2) is 41.8 Å². The number of hydrogen-bond donors (Lipinski definition) is 0. The van der Waals surface area contributed by atoms with Crippen LogP contribution in [0.15, 0.2) is 11.4 Å². The average Bonchev–Trinajstić information content (AvgIpc) is 2.96. The molecule has 2 aliphatic heterocycles. The molecule has 4 nitrogen and oxygen atoms in total. The van der Waals surface area contributed by atoms with E-state index >= 15 is 0 Å². The van der Waals surface area contributed by atoms with Crippen LogP contribution in [0.2, 0.25) is 0 Å². The van der Waals surface area contributed by atoms with Gasteiger partial charge in [0.15, 0.2) is 0 Å². The summed E-state index contributed by atoms with van der Waals surface area (Å²) in [6.45, 7) is 3.63. The molecule has 1 aromatic rings. The number of piperidine rings is 1. The maximum atomic E-state index is 12.9. The van der Waals surface area contributed by atoms with Crippen molar-refractivity contribution < 1.29 is 9.59 Å². The topological polar surface area (TPSA) is 40.6 Å². The summed E-state index contributed by atoms with van der Waals surface area (Å²) in [5.41, 5.74) is 1.32. The van der Waals surface area contributed by atoms with E-state index in [1.165, 1.54) is 10.4 Å². The largest absolute Gasteiger partial charge is 0.346 e. The van der Waals surface area contributed by atoms with Gasteiger partial charge in [-0.05, 0) is 36.3 Å². The van der Waals surface area contributed by atoms with Crippen LogP contribution in [0.5, 0.6) is 0 Å². The number of hydrogen-bond acceptors (Lipinski definition) is 3. The summed E-state index contributed by atoms with van der Waals surface area (Å²) in [4.78, 5) is 29.9. The summed E-state index contributed by atoms with van der Waals surface area (Å²) in [5, 5.41) is 2.13. The fourth-order valence-electron chi connectivity index (χ4n) is 3.49. The Morgan fingerprint density at radius 2 is 2.24 bits per heavy atom. The summed E-state index contributed by atoms with van der Waals surface area (Å²) in [6.07, 6.45) is 3.06. The molecule has 0 saturated carbocycles. The molecule has 0 unspecified atom stereocenters. The summed E-state index contributed by atoms with van der Waals surface area (Å²) in [6, 6.07) is 2.36. The van der Waals surface area contributed by atoms with Crippen molar-refractivity contribution in [1.29, 1.82) is 0 Å². The van der Waals surface area contributed by atoms with Gasteiger partial charge in [-0.25, -0.2) is 0 Å². The van der Waals surface area contributed by atoms with Gasteiger partial charge in [-0.15, -0.1) is 11.3 Å². The van der Waals surface area contributed by atoms with Crippen LogP contribution in [0, 0.1) is 5.92 Å². The Balaban J connectivity index is 1.77. The van der Waals surface area contributed by atoms with E-state index in [1.54, 1.807) is 16.2 Å². The third-order valence-corrected chi connectivity index (χ3v) is 5.77. The second-order valence-electron chi connectivity index (χ2n) is 6.01. The molecule has 0 bridgehead atoms. The van der Waals surface area contributed by atoms with Crippen molar-refractivity contribution in [2.75, 3.05) is 20.1 Å². The highest BCUT2D eigenvalue weighted by Gasteiger charge is 2.36. The molecule has 1 saturated heterocycles. The molecule has 1 fully saturated rings. The maximum Gasteiger partial charge on any atom is 0.226 e. The first-order valence-corrected chi connectivity index (χ1v) is 8.60. The molecule has 114 valence electrons. The van der Waals surface area contributed by atoms with E-state index in [0.29, 0.717) is 13.0 Å². The van der Waals surface area contributed by atoms with Gasteiger partial charge in [0.2, 0.25) is 11.8 Å². The van der Waals surface area contributed by atoms with Crippen LogP contribution in [0.1, 0.15) is 42.7 Å². The third kappa shape index (κ3) is 2.59. The molecule has 3 rings (SSSR count). The number of thiophene rings is 1. The van der Waals surface area contributed by atoms with E-state index in [2.05, 4.69) is 18.4 Å². The Hall–Kier alpha value is -1.36. The molecule has 2 aliphatic rings. The van der Waals surface area contributed by atoms with Crippen molar-refractivity contribution in [3.63, 3.8) is 0 Å². The Morgan fingerprint density at radius 1 is 1.43 bits per heavy atom. The lowest BCUT2D eigenvalue weighted by Crippen LogP contribution is -2.46. The van der Waals surface area contributed by atoms with Gasteiger partial charge in [-0.3, -0.25) is 9.59 Å². The SMILES string of the molecule is CC[C@@H]1c2ccsc2CCN1C(=O)[C@@H]1CCN(C)C(=O)C1. The molecule has 2 amide bonds. The predicted molar refractivity (Wildman–Crippen MR) is 83.1 cm³/mol. The van der Waals surface area contributed by atoms with Crippen LogP contribution >= 0.6 is 11.3 Å². The fraction of sp³-hybridized carbons (Fsp3) is 0.625. The first-order chi connectivity index (χ1) is 10.1. The Morgan fingerprint density at radius 3 is 2.95 bits per heavy atom. The number of amides is 2. The minimum Gasteiger partial charge on any atom is -0.346 e. The second kappa shape index (κ2) is 5.79. The zero-order chi connectivity index (χ0) is 15.0. The van der Waals surface area contributed by atoms with Gasteiger partial charge in [-0.1, -0.05) is 6.92 Å². The number of nitrogens with zero attached hydrogens (tertiary/aromatic N) is 2. The molecule has 5 heteroatoms. The number of fused-ring (bicyclic) bond motifs is 1. The van der Waals surface area contributed by atoms with E-state index in [1.807, 2.05) is 11.9 Å². The van der Waals surface area contributed by atoms with Gasteiger partial charge < -0.3 is 9.80 Å². The van der Waals surface area contributed by atoms with Gasteiger partial charge in [0.1, 0.15) is 0 Å². The Bertz CT molecular complexity index is 554. The monoisotopic (exact) mass is 306 g/mol. The molecular formula is C16H22N2O2S. The summed E-state index contributed by atoms with van der Waals surface area (Å²) in [7, 11) is 1.82. The van der Waals surface area contributed by atoms with Crippen LogP contribution in [-0.2, 0) is 16.0 Å². The minimum atomic E-state index is -0.122. The van der Waals surface area contributed by atoms with Crippen molar-refractivity contribution in [3.8, 4) is 0 Å². The summed E-state index contributed by atoms with van der Waals surface area (Å²) < 4.78 is 0. The zero-order valence-electron chi connectivity index (χ0n) is 12.7. The Kier molecular flexibility index (Phi) is 4.02. The summed E-state index contributed by atoms with van der Waals surface area (Å²) in [5.74, 6) is 0.156. The standard InChI is InChI=1S/C16H22N2O2S/c1-3-13-12-6-9-21-14(12)5-8-18(13)16(20)11-4-7-17(2)15(19)10-11/h6,9,11,13H,3-5,7-8,10H2,1-2H3/t11-,13-/m1/s1. The number of carbonyl (C=O) groups excluding carboxylic acids is 2. The lowest BCUT2D eigenvalue weighted by molar-refractivity contribution is -0.146. The lowest BCUT2D eigenvalue weighted by Gasteiger charge is -2.39. The molecule has 0 aromatic carbocycles. The van der Waals surface area contributed by atoms with E-state index in [0.717, 1.165) is 25.8 Å². The van der Waals surface area contributed by atoms with Gasteiger partial charge in [-0.2, -0.15) is 0 Å². The van der Waals surface area contributed by atoms with E-state index < -0.39 is 0 Å². The molecular weight excluding hydrogens is 284 g/mol. The highest BCUT2D eigenvalue weighted by Crippen LogP contribution is 2.36. The number of likely N-dealkylation sites (tertiary alicyclic amines) is 1. The first kappa shape index (κ1) is 14.6. The molecule has 0 spiro atoms. The molecule has 0 aliphatic carbocycles. The Labute approximate surface area is 129 Å². The lowest BCUT2D eigenvalue weighted by atomic mass is 9.91. The minimum absolute atomic E-state index is 0.0980. The number of carbonyl (C=O) groups is 2. The normalized spacial score (nSPS) is 25.9. The first-order valence-electron chi connectivity index (χ1n) is 7.72. The third-order valence-electron chi connectivity index (χ3n) is 4.77. The zero-order valence-corrected chi connectivity index (χ0v) is 13.5. The van der Waals surface area contributed by atoms with Crippen LogP contribution in [0.25, 0.3) is 0 Å². The molecule has 0 N–H and O–H groups in total. The second-order valence-corrected chi connectivity index (χ2v) is 7.01. The predicted octanol–water partition coefficient (Wildman–Crippen LogP) is 2.45. The molecule has 2 atom stereocenters. The highest BCUT2D eigenvalue weighted by molar-refractivity contribution is 7.10. The van der Waals surface area contributed by atoms with Gasteiger partial charge >= 0.3 is 0 Å². The van der Waals surface area contributed by atoms with Crippen molar-refractivity contribution in [2.45, 2.75) is 38.6 Å². The number of rotatable bonds is 2. The van der Waals surface area contributed by atoms with Gasteiger partial charge in [0.05, 0.1) is 6.04 Å². The van der Waals surface area contributed by atoms with E-state index in [9.17, 15) is 9.59 Å². The smallest absolute Gasteiger partial charge is 0.226 e. The van der Waals surface area contributed by atoms with Crippen LogP contribution in [0.3, 0.4) is 0 Å². The van der Waals surface area contributed by atoms with Crippen LogP contribution in [0.4, 0.5) is 0 Å². The quantitative estimate of drug-likeness (QED) is 0.842. The van der Waals surface area contributed by atoms with Gasteiger partial charge in [0.25, 0.3) is 0 Å². The fourth-order valence-corrected chi connectivity index (χ4v) is 4.42. The van der Waals surface area contributed by atoms with Crippen molar-refractivity contribution in [1.82, 2.24) is 9.80 Å². The molecule has 1 aromatic heterocycles. The van der Waals surface area contributed by atoms with Crippen LogP contribution < -0.4 is 0 Å². The van der Waals surface area contributed by atoms with E-state index in [4.69, 9.17) is 0 Å². The van der Waals surface area contributed by atoms with Crippen molar-refractivity contribution in [3.05, 3.63) is 21.9 Å². The van der Waals surface area contributed by atoms with Crippen molar-refractivity contribution in [2.24, 2.45) is 5.92 Å². The van der Waals surface area contributed by atoms with Crippen molar-refractivity contribution >= 4 is 23.2 Å². The maximum absolute atomic E-state index is 12.9.